The molecule has 6 nitrogen and oxygen atoms in total. The molecular weight excluding hydrogens is 354 g/mol. The summed E-state index contributed by atoms with van der Waals surface area (Å²) in [6.45, 7) is 5.49. The molecule has 1 heterocycles. The molecule has 0 radical (unpaired) electrons. The second kappa shape index (κ2) is 8.94. The number of fused-ring (bicyclic) bond motifs is 1. The van der Waals surface area contributed by atoms with Gasteiger partial charge in [0.05, 0.1) is 15.9 Å². The Morgan fingerprint density at radius 2 is 2.04 bits per heavy atom. The number of nitrogens with zero attached hydrogens (tertiary/aromatic N) is 1. The number of aromatic amines is 1. The Balaban J connectivity index is 2.47. The molecule has 2 aromatic rings. The first-order valence-corrected chi connectivity index (χ1v) is 9.27. The number of nitrogens with one attached hydrogen (secondary N) is 2. The predicted molar refractivity (Wildman–Crippen MR) is 107 cm³/mol. The van der Waals surface area contributed by atoms with Crippen LogP contribution in [0.1, 0.15) is 63.2 Å². The van der Waals surface area contributed by atoms with Crippen LogP contribution in [0.4, 0.5) is 11.5 Å². The van der Waals surface area contributed by atoms with Gasteiger partial charge in [0.25, 0.3) is 0 Å². The van der Waals surface area contributed by atoms with Crippen LogP contribution in [-0.2, 0) is 0 Å². The van der Waals surface area contributed by atoms with E-state index < -0.39 is 5.43 Å². The number of pyridine rings is 1. The number of aromatic nitrogens is 1. The number of hydrogen-bond donors (Lipinski definition) is 2. The van der Waals surface area contributed by atoms with E-state index in [1.54, 1.807) is 0 Å². The predicted octanol–water partition coefficient (Wildman–Crippen LogP) is 5.55. The second-order valence-electron chi connectivity index (χ2n) is 6.56. The van der Waals surface area contributed by atoms with Gasteiger partial charge in [0.2, 0.25) is 5.43 Å². The average Bonchev–Trinajstić information content (AvgIpc) is 2.59. The van der Waals surface area contributed by atoms with Crippen molar-refractivity contribution in [1.82, 2.24) is 4.98 Å². The number of nitroso groups, excluding NO2 is 1. The fourth-order valence-corrected chi connectivity index (χ4v) is 3.27. The van der Waals surface area contributed by atoms with E-state index in [1.165, 1.54) is 31.9 Å². The maximum atomic E-state index is 12.9. The summed E-state index contributed by atoms with van der Waals surface area (Å²) in [6, 6.07) is 2.95. The van der Waals surface area contributed by atoms with E-state index in [0.29, 0.717) is 16.4 Å². The molecule has 1 aromatic carbocycles. The van der Waals surface area contributed by atoms with Crippen LogP contribution in [0.15, 0.2) is 22.1 Å². The molecule has 1 unspecified atom stereocenters. The monoisotopic (exact) mass is 377 g/mol. The van der Waals surface area contributed by atoms with Crippen molar-refractivity contribution in [3.8, 4) is 0 Å². The first kappa shape index (κ1) is 20.1. The topological polar surface area (TPSA) is 91.4 Å². The number of halogens is 1. The number of hydrogen-bond acceptors (Lipinski definition) is 5. The lowest BCUT2D eigenvalue weighted by Gasteiger charge is -2.18. The number of ketones is 1. The minimum atomic E-state index is -0.538. The average molecular weight is 378 g/mol. The molecule has 2 N–H and O–H groups in total. The minimum Gasteiger partial charge on any atom is -0.368 e. The van der Waals surface area contributed by atoms with Crippen LogP contribution in [0.2, 0.25) is 5.02 Å². The summed E-state index contributed by atoms with van der Waals surface area (Å²) in [4.78, 5) is 39.0. The van der Waals surface area contributed by atoms with Gasteiger partial charge in [-0.2, -0.15) is 0 Å². The van der Waals surface area contributed by atoms with Crippen molar-refractivity contribution in [1.29, 1.82) is 0 Å². The first-order chi connectivity index (χ1) is 12.4. The highest BCUT2D eigenvalue weighted by Gasteiger charge is 2.21. The Labute approximate surface area is 157 Å². The molecule has 0 fully saturated rings. The quantitative estimate of drug-likeness (QED) is 0.340. The third kappa shape index (κ3) is 4.30. The molecule has 1 aromatic heterocycles. The Bertz CT molecular complexity index is 876. The molecule has 0 bridgehead atoms. The number of carbonyl (C=O) groups is 1. The largest absolute Gasteiger partial charge is 0.368 e. The minimum absolute atomic E-state index is 0.00919. The van der Waals surface area contributed by atoms with E-state index >= 15 is 0 Å². The molecule has 0 aliphatic heterocycles. The molecule has 140 valence electrons. The van der Waals surface area contributed by atoms with Crippen molar-refractivity contribution in [2.45, 2.75) is 58.9 Å². The SMILES string of the molecule is CCCCCCC(C)Nc1[nH]c2c(Cl)ccc(N=O)c2c(=O)c1C(C)=O. The van der Waals surface area contributed by atoms with Gasteiger partial charge in [0.15, 0.2) is 5.78 Å². The zero-order chi connectivity index (χ0) is 19.3. The number of carbonyl (C=O) groups excluding carboxylic acids is 1. The summed E-state index contributed by atoms with van der Waals surface area (Å²) in [5.74, 6) is -0.0476. The molecule has 7 heteroatoms. The van der Waals surface area contributed by atoms with Crippen LogP contribution in [0, 0.1) is 4.91 Å². The van der Waals surface area contributed by atoms with E-state index in [4.69, 9.17) is 11.6 Å². The fraction of sp³-hybridized carbons (Fsp3) is 0.474. The Morgan fingerprint density at radius 3 is 2.65 bits per heavy atom. The molecule has 0 aliphatic rings. The molecular formula is C19H24ClN3O3. The number of H-pyrrole nitrogens is 1. The molecule has 0 amide bonds. The van der Waals surface area contributed by atoms with Gasteiger partial charge in [-0.1, -0.05) is 44.2 Å². The third-order valence-corrected chi connectivity index (χ3v) is 4.73. The third-order valence-electron chi connectivity index (χ3n) is 4.42. The van der Waals surface area contributed by atoms with E-state index in [0.717, 1.165) is 19.3 Å². The second-order valence-corrected chi connectivity index (χ2v) is 6.97. The Morgan fingerprint density at radius 1 is 1.31 bits per heavy atom. The fourth-order valence-electron chi connectivity index (χ4n) is 3.06. The van der Waals surface area contributed by atoms with Crippen molar-refractivity contribution >= 4 is 39.8 Å². The van der Waals surface area contributed by atoms with Crippen LogP contribution >= 0.6 is 11.6 Å². The molecule has 2 rings (SSSR count). The summed E-state index contributed by atoms with van der Waals surface area (Å²) in [5, 5.41) is 6.44. The van der Waals surface area contributed by atoms with Gasteiger partial charge in [-0.05, 0) is 37.6 Å². The lowest BCUT2D eigenvalue weighted by molar-refractivity contribution is 0.101. The standard InChI is InChI=1S/C19H24ClN3O3/c1-4-5-6-7-8-11(2)21-19-15(12(3)24)18(25)16-14(23-26)10-9-13(20)17(16)22-19/h9-11H,4-8H2,1-3H3,(H2,21,22,25). The number of rotatable bonds is 9. The van der Waals surface area contributed by atoms with E-state index in [2.05, 4.69) is 22.4 Å². The van der Waals surface area contributed by atoms with Crippen LogP contribution in [-0.4, -0.2) is 16.8 Å². The Hall–Kier alpha value is -2.21. The van der Waals surface area contributed by atoms with Crippen LogP contribution in [0.3, 0.4) is 0 Å². The molecule has 0 aliphatic carbocycles. The maximum Gasteiger partial charge on any atom is 0.204 e. The zero-order valence-electron chi connectivity index (χ0n) is 15.3. The van der Waals surface area contributed by atoms with E-state index in [1.807, 2.05) is 6.92 Å². The van der Waals surface area contributed by atoms with Gasteiger partial charge >= 0.3 is 0 Å². The van der Waals surface area contributed by atoms with Gasteiger partial charge in [-0.3, -0.25) is 9.59 Å². The smallest absolute Gasteiger partial charge is 0.204 e. The van der Waals surface area contributed by atoms with Gasteiger partial charge in [-0.15, -0.1) is 4.91 Å². The number of unbranched alkanes of at least 4 members (excludes halogenated alkanes) is 3. The van der Waals surface area contributed by atoms with Gasteiger partial charge in [0, 0.05) is 6.04 Å². The summed E-state index contributed by atoms with van der Waals surface area (Å²) >= 11 is 6.19. The lowest BCUT2D eigenvalue weighted by Crippen LogP contribution is -2.23. The molecule has 0 saturated carbocycles. The normalized spacial score (nSPS) is 12.2. The highest BCUT2D eigenvalue weighted by molar-refractivity contribution is 6.35. The number of Topliss-reactive ketones (excluding diaryl/α,β-unsaturated/α-hetero) is 1. The van der Waals surface area contributed by atoms with Gasteiger partial charge in [0.1, 0.15) is 17.1 Å². The van der Waals surface area contributed by atoms with Crippen LogP contribution in [0.5, 0.6) is 0 Å². The molecule has 0 spiro atoms. The summed E-state index contributed by atoms with van der Waals surface area (Å²) in [6.07, 6.45) is 5.49. The molecule has 26 heavy (non-hydrogen) atoms. The first-order valence-electron chi connectivity index (χ1n) is 8.90. The van der Waals surface area contributed by atoms with Crippen molar-refractivity contribution in [2.24, 2.45) is 5.18 Å². The van der Waals surface area contributed by atoms with E-state index in [-0.39, 0.29) is 28.5 Å². The molecule has 0 saturated heterocycles. The van der Waals surface area contributed by atoms with Gasteiger partial charge in [-0.25, -0.2) is 0 Å². The lowest BCUT2D eigenvalue weighted by atomic mass is 10.0. The van der Waals surface area contributed by atoms with Crippen molar-refractivity contribution in [3.05, 3.63) is 37.8 Å². The zero-order valence-corrected chi connectivity index (χ0v) is 16.1. The van der Waals surface area contributed by atoms with Crippen molar-refractivity contribution < 1.29 is 4.79 Å². The number of benzene rings is 1. The summed E-state index contributed by atoms with van der Waals surface area (Å²) in [7, 11) is 0. The highest BCUT2D eigenvalue weighted by Crippen LogP contribution is 2.30. The Kier molecular flexibility index (Phi) is 6.91. The van der Waals surface area contributed by atoms with Crippen LogP contribution < -0.4 is 10.7 Å². The van der Waals surface area contributed by atoms with Crippen molar-refractivity contribution in [2.75, 3.05) is 5.32 Å². The molecule has 1 atom stereocenters. The maximum absolute atomic E-state index is 12.9. The van der Waals surface area contributed by atoms with Crippen molar-refractivity contribution in [3.63, 3.8) is 0 Å². The van der Waals surface area contributed by atoms with Crippen LogP contribution in [0.25, 0.3) is 10.9 Å². The summed E-state index contributed by atoms with van der Waals surface area (Å²) < 4.78 is 0. The van der Waals surface area contributed by atoms with Gasteiger partial charge < -0.3 is 10.3 Å². The van der Waals surface area contributed by atoms with E-state index in [9.17, 15) is 14.5 Å². The number of anilines is 1. The highest BCUT2D eigenvalue weighted by atomic mass is 35.5. The summed E-state index contributed by atoms with van der Waals surface area (Å²) in [5.41, 5.74) is -0.277.